The van der Waals surface area contributed by atoms with Gasteiger partial charge in [-0.05, 0) is 44.9 Å². The number of aryl methyl sites for hydroxylation is 1. The number of nitro groups is 1. The van der Waals surface area contributed by atoms with Gasteiger partial charge < -0.3 is 10.2 Å². The van der Waals surface area contributed by atoms with Crippen LogP contribution in [0.3, 0.4) is 0 Å². The molecular formula is C15H23N3O2. The van der Waals surface area contributed by atoms with Crippen molar-refractivity contribution in [1.29, 1.82) is 0 Å². The summed E-state index contributed by atoms with van der Waals surface area (Å²) in [5, 5.41) is 14.7. The standard InChI is InChI=1S/C15H23N3O2/c1-3-17(11-13-6-4-5-9-16-13)15-10-12(2)7-8-14(15)18(19)20/h7-8,10,13,16H,3-6,9,11H2,1-2H3. The van der Waals surface area contributed by atoms with E-state index in [1.165, 1.54) is 12.8 Å². The van der Waals surface area contributed by atoms with E-state index < -0.39 is 0 Å². The molecule has 5 nitrogen and oxygen atoms in total. The predicted octanol–water partition coefficient (Wildman–Crippen LogP) is 2.87. The van der Waals surface area contributed by atoms with E-state index in [2.05, 4.69) is 17.1 Å². The van der Waals surface area contributed by atoms with Crippen molar-refractivity contribution in [1.82, 2.24) is 5.32 Å². The van der Waals surface area contributed by atoms with E-state index in [-0.39, 0.29) is 10.6 Å². The van der Waals surface area contributed by atoms with E-state index in [9.17, 15) is 10.1 Å². The summed E-state index contributed by atoms with van der Waals surface area (Å²) in [5.41, 5.74) is 2.00. The molecule has 0 spiro atoms. The third-order valence-corrected chi connectivity index (χ3v) is 3.90. The molecule has 1 aromatic rings. The molecule has 0 radical (unpaired) electrons. The molecule has 2 rings (SSSR count). The summed E-state index contributed by atoms with van der Waals surface area (Å²) in [6.07, 6.45) is 3.62. The van der Waals surface area contributed by atoms with Gasteiger partial charge in [-0.1, -0.05) is 12.5 Å². The Morgan fingerprint density at radius 1 is 1.45 bits per heavy atom. The molecule has 1 fully saturated rings. The fourth-order valence-corrected chi connectivity index (χ4v) is 2.78. The van der Waals surface area contributed by atoms with Crippen LogP contribution in [0.4, 0.5) is 11.4 Å². The van der Waals surface area contributed by atoms with Crippen LogP contribution in [0.1, 0.15) is 31.7 Å². The molecule has 1 aromatic carbocycles. The van der Waals surface area contributed by atoms with Crippen molar-refractivity contribution >= 4 is 11.4 Å². The molecule has 1 atom stereocenters. The number of nitro benzene ring substituents is 1. The molecule has 1 aliphatic rings. The molecule has 1 N–H and O–H groups in total. The minimum absolute atomic E-state index is 0.202. The van der Waals surface area contributed by atoms with Gasteiger partial charge in [0.25, 0.3) is 5.69 Å². The van der Waals surface area contributed by atoms with Gasteiger partial charge in [0, 0.05) is 25.2 Å². The minimum Gasteiger partial charge on any atom is -0.365 e. The summed E-state index contributed by atoms with van der Waals surface area (Å²) < 4.78 is 0. The zero-order valence-corrected chi connectivity index (χ0v) is 12.3. The Kier molecular flexibility index (Phi) is 4.95. The molecular weight excluding hydrogens is 254 g/mol. The van der Waals surface area contributed by atoms with Gasteiger partial charge in [0.05, 0.1) is 4.92 Å². The van der Waals surface area contributed by atoms with Gasteiger partial charge in [-0.3, -0.25) is 10.1 Å². The lowest BCUT2D eigenvalue weighted by Crippen LogP contribution is -2.43. The first-order chi connectivity index (χ1) is 9.61. The van der Waals surface area contributed by atoms with Crippen LogP contribution in [0, 0.1) is 17.0 Å². The third kappa shape index (κ3) is 3.48. The molecule has 0 bridgehead atoms. The van der Waals surface area contributed by atoms with Gasteiger partial charge in [0.1, 0.15) is 5.69 Å². The Labute approximate surface area is 120 Å². The zero-order chi connectivity index (χ0) is 14.5. The van der Waals surface area contributed by atoms with Crippen LogP contribution in [0.25, 0.3) is 0 Å². The monoisotopic (exact) mass is 277 g/mol. The van der Waals surface area contributed by atoms with E-state index in [0.717, 1.165) is 37.3 Å². The van der Waals surface area contributed by atoms with Gasteiger partial charge in [-0.2, -0.15) is 0 Å². The Balaban J connectivity index is 2.21. The number of hydrogen-bond acceptors (Lipinski definition) is 4. The average Bonchev–Trinajstić information content (AvgIpc) is 2.45. The van der Waals surface area contributed by atoms with E-state index in [4.69, 9.17) is 0 Å². The van der Waals surface area contributed by atoms with Gasteiger partial charge in [0.15, 0.2) is 0 Å². The zero-order valence-electron chi connectivity index (χ0n) is 12.3. The van der Waals surface area contributed by atoms with Crippen LogP contribution >= 0.6 is 0 Å². The van der Waals surface area contributed by atoms with Crippen molar-refractivity contribution in [2.45, 2.75) is 39.2 Å². The SMILES string of the molecule is CCN(CC1CCCCN1)c1cc(C)ccc1[N+](=O)[O-]. The average molecular weight is 277 g/mol. The van der Waals surface area contributed by atoms with Crippen LogP contribution in [0.2, 0.25) is 0 Å². The molecule has 1 unspecified atom stereocenters. The molecule has 1 aliphatic heterocycles. The Hall–Kier alpha value is -1.62. The lowest BCUT2D eigenvalue weighted by atomic mass is 10.0. The van der Waals surface area contributed by atoms with Crippen LogP contribution in [0.15, 0.2) is 18.2 Å². The highest BCUT2D eigenvalue weighted by atomic mass is 16.6. The molecule has 20 heavy (non-hydrogen) atoms. The van der Waals surface area contributed by atoms with Crippen molar-refractivity contribution in [2.24, 2.45) is 0 Å². The maximum Gasteiger partial charge on any atom is 0.292 e. The maximum absolute atomic E-state index is 11.2. The second-order valence-electron chi connectivity index (χ2n) is 5.43. The highest BCUT2D eigenvalue weighted by molar-refractivity contribution is 5.64. The molecule has 0 aromatic heterocycles. The number of nitrogens with one attached hydrogen (secondary N) is 1. The number of anilines is 1. The van der Waals surface area contributed by atoms with E-state index in [1.54, 1.807) is 12.1 Å². The Bertz CT molecular complexity index is 470. The normalized spacial score (nSPS) is 18.8. The molecule has 1 saturated heterocycles. The molecule has 110 valence electrons. The summed E-state index contributed by atoms with van der Waals surface area (Å²) in [7, 11) is 0. The number of hydrogen-bond donors (Lipinski definition) is 1. The summed E-state index contributed by atoms with van der Waals surface area (Å²) in [6, 6.07) is 5.77. The van der Waals surface area contributed by atoms with Crippen molar-refractivity contribution < 1.29 is 4.92 Å². The van der Waals surface area contributed by atoms with E-state index >= 15 is 0 Å². The summed E-state index contributed by atoms with van der Waals surface area (Å²) in [5.74, 6) is 0. The molecule has 0 amide bonds. The van der Waals surface area contributed by atoms with Crippen molar-refractivity contribution in [2.75, 3.05) is 24.5 Å². The molecule has 0 aliphatic carbocycles. The Morgan fingerprint density at radius 2 is 2.25 bits per heavy atom. The predicted molar refractivity (Wildman–Crippen MR) is 81.4 cm³/mol. The highest BCUT2D eigenvalue weighted by Crippen LogP contribution is 2.29. The fourth-order valence-electron chi connectivity index (χ4n) is 2.78. The molecule has 0 saturated carbocycles. The van der Waals surface area contributed by atoms with Gasteiger partial charge in [0.2, 0.25) is 0 Å². The first kappa shape index (κ1) is 14.8. The van der Waals surface area contributed by atoms with Gasteiger partial charge in [-0.15, -0.1) is 0 Å². The summed E-state index contributed by atoms with van der Waals surface area (Å²) in [4.78, 5) is 13.0. The highest BCUT2D eigenvalue weighted by Gasteiger charge is 2.22. The number of likely N-dealkylation sites (N-methyl/N-ethyl adjacent to an activating group) is 1. The summed E-state index contributed by atoms with van der Waals surface area (Å²) in [6.45, 7) is 6.69. The second-order valence-corrected chi connectivity index (χ2v) is 5.43. The van der Waals surface area contributed by atoms with E-state index in [0.29, 0.717) is 6.04 Å². The van der Waals surface area contributed by atoms with Crippen LogP contribution in [-0.2, 0) is 0 Å². The van der Waals surface area contributed by atoms with Crippen molar-refractivity contribution in [3.8, 4) is 0 Å². The lowest BCUT2D eigenvalue weighted by molar-refractivity contribution is -0.384. The van der Waals surface area contributed by atoms with Crippen LogP contribution < -0.4 is 10.2 Å². The Morgan fingerprint density at radius 3 is 2.85 bits per heavy atom. The topological polar surface area (TPSA) is 58.4 Å². The van der Waals surface area contributed by atoms with E-state index in [1.807, 2.05) is 13.0 Å². The van der Waals surface area contributed by atoms with Gasteiger partial charge >= 0.3 is 0 Å². The quantitative estimate of drug-likeness (QED) is 0.664. The largest absolute Gasteiger partial charge is 0.365 e. The molecule has 1 heterocycles. The number of benzene rings is 1. The lowest BCUT2D eigenvalue weighted by Gasteiger charge is -2.31. The van der Waals surface area contributed by atoms with Crippen LogP contribution in [0.5, 0.6) is 0 Å². The third-order valence-electron chi connectivity index (χ3n) is 3.90. The van der Waals surface area contributed by atoms with Gasteiger partial charge in [-0.25, -0.2) is 0 Å². The first-order valence-corrected chi connectivity index (χ1v) is 7.35. The second kappa shape index (κ2) is 6.70. The number of nitrogens with zero attached hydrogens (tertiary/aromatic N) is 2. The van der Waals surface area contributed by atoms with Crippen molar-refractivity contribution in [3.05, 3.63) is 33.9 Å². The van der Waals surface area contributed by atoms with Crippen molar-refractivity contribution in [3.63, 3.8) is 0 Å². The maximum atomic E-state index is 11.2. The molecule has 5 heteroatoms. The number of rotatable bonds is 5. The number of piperidine rings is 1. The minimum atomic E-state index is -0.286. The smallest absolute Gasteiger partial charge is 0.292 e. The van der Waals surface area contributed by atoms with Crippen LogP contribution in [-0.4, -0.2) is 30.6 Å². The first-order valence-electron chi connectivity index (χ1n) is 7.35. The summed E-state index contributed by atoms with van der Waals surface area (Å²) >= 11 is 0. The fraction of sp³-hybridized carbons (Fsp3) is 0.600.